The molecular weight excluding hydrogens is 409 g/mol. The molecule has 0 saturated heterocycles. The van der Waals surface area contributed by atoms with Gasteiger partial charge in [0.2, 0.25) is 0 Å². The van der Waals surface area contributed by atoms with Gasteiger partial charge < -0.3 is 14.6 Å². The summed E-state index contributed by atoms with van der Waals surface area (Å²) in [5.74, 6) is -0.577. The number of nitrogens with zero attached hydrogens (tertiary/aromatic N) is 1. The molecule has 1 aromatic heterocycles. The molecule has 0 spiro atoms. The van der Waals surface area contributed by atoms with E-state index < -0.39 is 5.97 Å². The Hall–Kier alpha value is -2.11. The van der Waals surface area contributed by atoms with Crippen molar-refractivity contribution >= 4 is 17.6 Å². The van der Waals surface area contributed by atoms with Gasteiger partial charge in [-0.2, -0.15) is 0 Å². The third-order valence-electron chi connectivity index (χ3n) is 4.94. The zero-order chi connectivity index (χ0) is 20.2. The number of carbonyl (C=O) groups is 1. The van der Waals surface area contributed by atoms with E-state index in [0.717, 1.165) is 35.3 Å². The summed E-state index contributed by atoms with van der Waals surface area (Å²) < 4.78 is 6.13. The van der Waals surface area contributed by atoms with Gasteiger partial charge in [-0.15, -0.1) is 0 Å². The van der Waals surface area contributed by atoms with Crippen LogP contribution >= 0.6 is 11.6 Å². The summed E-state index contributed by atoms with van der Waals surface area (Å²) in [6.45, 7) is 0.551. The topological polar surface area (TPSA) is 62.2 Å². The van der Waals surface area contributed by atoms with Crippen LogP contribution in [0.5, 0.6) is 5.75 Å². The maximum Gasteiger partial charge on any atom is 1.00 e. The van der Waals surface area contributed by atoms with E-state index in [2.05, 4.69) is 11.1 Å². The first-order valence-electron chi connectivity index (χ1n) is 9.50. The Labute approximate surface area is 202 Å². The predicted molar refractivity (Wildman–Crippen MR) is 112 cm³/mol. The normalized spacial score (nSPS) is 12.8. The first kappa shape index (κ1) is 22.6. The van der Waals surface area contributed by atoms with Gasteiger partial charge in [-0.1, -0.05) is 48.0 Å². The Balaban J connectivity index is 0.00000256. The van der Waals surface area contributed by atoms with Crippen LogP contribution in [0.4, 0.5) is 0 Å². The molecule has 0 aliphatic heterocycles. The second-order valence-corrected chi connectivity index (χ2v) is 7.36. The van der Waals surface area contributed by atoms with Gasteiger partial charge in [0.25, 0.3) is 0 Å². The van der Waals surface area contributed by atoms with Crippen LogP contribution in [-0.4, -0.2) is 17.6 Å². The quantitative estimate of drug-likeness (QED) is 0.445. The van der Waals surface area contributed by atoms with Gasteiger partial charge in [0, 0.05) is 16.1 Å². The van der Waals surface area contributed by atoms with E-state index in [4.69, 9.17) is 16.3 Å². The molecule has 0 radical (unpaired) electrons. The van der Waals surface area contributed by atoms with E-state index in [1.165, 1.54) is 18.1 Å². The fourth-order valence-electron chi connectivity index (χ4n) is 3.52. The van der Waals surface area contributed by atoms with Crippen molar-refractivity contribution in [1.29, 1.82) is 0 Å². The number of allylic oxidation sites excluding steroid dienone is 1. The number of ether oxygens (including phenoxy) is 1. The minimum atomic E-state index is -1.30. The third kappa shape index (κ3) is 5.13. The van der Waals surface area contributed by atoms with Crippen molar-refractivity contribution in [2.75, 3.05) is 6.61 Å². The van der Waals surface area contributed by atoms with Crippen molar-refractivity contribution in [3.8, 4) is 28.1 Å². The van der Waals surface area contributed by atoms with E-state index in [1.54, 1.807) is 18.2 Å². The van der Waals surface area contributed by atoms with Gasteiger partial charge in [0.15, 0.2) is 0 Å². The molecule has 0 unspecified atom stereocenters. The van der Waals surface area contributed by atoms with E-state index >= 15 is 0 Å². The number of hydrogen-bond acceptors (Lipinski definition) is 4. The SMILES string of the molecule is O=C([O-])c1cccc(-c2ccccc2-c2cc(Cl)ccc2OCC2=CCCC2)n1.[Na+]. The third-order valence-corrected chi connectivity index (χ3v) is 5.18. The predicted octanol–water partition coefficient (Wildman–Crippen LogP) is 1.93. The number of aromatic nitrogens is 1. The first-order valence-corrected chi connectivity index (χ1v) is 9.88. The van der Waals surface area contributed by atoms with Gasteiger partial charge in [0.05, 0.1) is 17.4 Å². The number of carboxylic acid groups (broad SMARTS) is 1. The smallest absolute Gasteiger partial charge is 0.543 e. The molecule has 1 heterocycles. The zero-order valence-corrected chi connectivity index (χ0v) is 19.5. The van der Waals surface area contributed by atoms with E-state index in [1.807, 2.05) is 36.4 Å². The van der Waals surface area contributed by atoms with Gasteiger partial charge >= 0.3 is 29.6 Å². The number of halogens is 1. The molecule has 0 N–H and O–H groups in total. The first-order chi connectivity index (χ1) is 14.1. The molecule has 1 aliphatic carbocycles. The van der Waals surface area contributed by atoms with Crippen molar-refractivity contribution in [2.24, 2.45) is 0 Å². The molecule has 2 aromatic carbocycles. The van der Waals surface area contributed by atoms with Crippen LogP contribution in [0, 0.1) is 0 Å². The Morgan fingerprint density at radius 3 is 2.57 bits per heavy atom. The average molecular weight is 428 g/mol. The number of hydrogen-bond donors (Lipinski definition) is 0. The van der Waals surface area contributed by atoms with Crippen molar-refractivity contribution in [2.45, 2.75) is 19.3 Å². The Bertz CT molecular complexity index is 1100. The molecular formula is C24H19ClNNaO3. The van der Waals surface area contributed by atoms with Crippen LogP contribution < -0.4 is 39.4 Å². The Kier molecular flexibility index (Phi) is 7.73. The maximum absolute atomic E-state index is 11.2. The monoisotopic (exact) mass is 427 g/mol. The number of aromatic carboxylic acids is 1. The molecule has 6 heteroatoms. The number of carbonyl (C=O) groups excluding carboxylic acids is 1. The molecule has 4 nitrogen and oxygen atoms in total. The fourth-order valence-corrected chi connectivity index (χ4v) is 3.69. The Morgan fingerprint density at radius 2 is 1.83 bits per heavy atom. The molecule has 0 saturated carbocycles. The second-order valence-electron chi connectivity index (χ2n) is 6.92. The summed E-state index contributed by atoms with van der Waals surface area (Å²) in [6, 6.07) is 18.1. The van der Waals surface area contributed by atoms with Crippen molar-refractivity contribution in [3.63, 3.8) is 0 Å². The Morgan fingerprint density at radius 1 is 1.03 bits per heavy atom. The fraction of sp³-hybridized carbons (Fsp3) is 0.167. The summed E-state index contributed by atoms with van der Waals surface area (Å²) >= 11 is 6.29. The van der Waals surface area contributed by atoms with Gasteiger partial charge in [0.1, 0.15) is 12.4 Å². The van der Waals surface area contributed by atoms with Crippen LogP contribution in [0.2, 0.25) is 5.02 Å². The minimum absolute atomic E-state index is 0. The zero-order valence-electron chi connectivity index (χ0n) is 16.7. The molecule has 146 valence electrons. The van der Waals surface area contributed by atoms with Crippen molar-refractivity contribution in [1.82, 2.24) is 4.98 Å². The molecule has 0 atom stereocenters. The molecule has 4 rings (SSSR count). The van der Waals surface area contributed by atoms with Crippen LogP contribution in [0.25, 0.3) is 22.4 Å². The number of carboxylic acids is 1. The molecule has 30 heavy (non-hydrogen) atoms. The van der Waals surface area contributed by atoms with Gasteiger partial charge in [-0.3, -0.25) is 0 Å². The number of benzene rings is 2. The molecule has 0 bridgehead atoms. The summed E-state index contributed by atoms with van der Waals surface area (Å²) in [6.07, 6.45) is 5.59. The van der Waals surface area contributed by atoms with Crippen LogP contribution in [-0.2, 0) is 0 Å². The summed E-state index contributed by atoms with van der Waals surface area (Å²) in [5, 5.41) is 11.8. The summed E-state index contributed by atoms with van der Waals surface area (Å²) in [7, 11) is 0. The van der Waals surface area contributed by atoms with Crippen molar-refractivity contribution < 1.29 is 44.2 Å². The van der Waals surface area contributed by atoms with E-state index in [-0.39, 0.29) is 35.3 Å². The molecule has 0 amide bonds. The average Bonchev–Trinajstić information content (AvgIpc) is 3.26. The van der Waals surface area contributed by atoms with Crippen LogP contribution in [0.1, 0.15) is 29.8 Å². The minimum Gasteiger partial charge on any atom is -0.543 e. The van der Waals surface area contributed by atoms with Crippen molar-refractivity contribution in [3.05, 3.63) is 83.0 Å². The van der Waals surface area contributed by atoms with Crippen LogP contribution in [0.3, 0.4) is 0 Å². The second kappa shape index (κ2) is 10.3. The molecule has 1 aliphatic rings. The van der Waals surface area contributed by atoms with E-state index in [0.29, 0.717) is 17.3 Å². The largest absolute Gasteiger partial charge is 1.00 e. The summed E-state index contributed by atoms with van der Waals surface area (Å²) in [4.78, 5) is 15.5. The standard InChI is InChI=1S/C24H20ClNO3.Na/c25-17-12-13-23(29-15-16-6-1-2-7-16)20(14-17)18-8-3-4-9-19(18)21-10-5-11-22(26-21)24(27)28;/h3-6,8-14H,1-2,7,15H2,(H,27,28);/q;+1/p-1. The molecule has 3 aromatic rings. The van der Waals surface area contributed by atoms with Gasteiger partial charge in [-0.05, 0) is 60.7 Å². The number of pyridine rings is 1. The number of rotatable bonds is 6. The summed E-state index contributed by atoms with van der Waals surface area (Å²) in [5.41, 5.74) is 4.26. The maximum atomic E-state index is 11.2. The van der Waals surface area contributed by atoms with E-state index in [9.17, 15) is 9.90 Å². The van der Waals surface area contributed by atoms with Gasteiger partial charge in [-0.25, -0.2) is 4.98 Å². The van der Waals surface area contributed by atoms with Crippen LogP contribution in [0.15, 0.2) is 72.3 Å². The molecule has 0 fully saturated rings.